The number of hydrogen-bond donors (Lipinski definition) is 1. The molecule has 8 aromatic rings. The molecular formula is C49H36O3. The molecule has 0 amide bonds. The van der Waals surface area contributed by atoms with Gasteiger partial charge in [-0.2, -0.15) is 0 Å². The third-order valence-electron chi connectivity index (χ3n) is 10.0. The molecule has 0 aromatic heterocycles. The van der Waals surface area contributed by atoms with Gasteiger partial charge in [0.25, 0.3) is 0 Å². The average Bonchev–Trinajstić information content (AvgIpc) is 3.22. The van der Waals surface area contributed by atoms with E-state index in [2.05, 4.69) is 139 Å². The molecule has 0 saturated carbocycles. The van der Waals surface area contributed by atoms with Gasteiger partial charge in [0.1, 0.15) is 11.5 Å². The number of ether oxygens (including phenoxy) is 2. The molecule has 0 aliphatic rings. The van der Waals surface area contributed by atoms with Crippen LogP contribution in [0.5, 0.6) is 11.5 Å². The fourth-order valence-electron chi connectivity index (χ4n) is 7.26. The molecule has 0 saturated heterocycles. The summed E-state index contributed by atoms with van der Waals surface area (Å²) in [5, 5.41) is 17.1. The van der Waals surface area contributed by atoms with Gasteiger partial charge < -0.3 is 14.6 Å². The number of aliphatic hydroxyl groups is 1. The highest BCUT2D eigenvalue weighted by atomic mass is 16.5. The molecule has 0 spiro atoms. The van der Waals surface area contributed by atoms with Gasteiger partial charge in [0.2, 0.25) is 0 Å². The normalized spacial score (nSPS) is 11.3. The van der Waals surface area contributed by atoms with E-state index in [-0.39, 0.29) is 0 Å². The Morgan fingerprint density at radius 1 is 0.442 bits per heavy atom. The third kappa shape index (κ3) is 5.76. The summed E-state index contributed by atoms with van der Waals surface area (Å²) in [6.45, 7) is 0. The summed E-state index contributed by atoms with van der Waals surface area (Å²) in [7, 11) is 3.30. The molecule has 0 radical (unpaired) electrons. The van der Waals surface area contributed by atoms with E-state index >= 15 is 0 Å². The van der Waals surface area contributed by atoms with Crippen molar-refractivity contribution in [1.29, 1.82) is 0 Å². The number of hydrogen-bond acceptors (Lipinski definition) is 3. The SMILES string of the molecule is C#CC(O)(c1ccc(OC)c(-c2ccc(-c3cccc4ccccc34)cc2)c1)c1ccc(OC)c(-c2ccc(-c3cccc4ccccc34)cc2)c1. The Hall–Kier alpha value is -6.60. The van der Waals surface area contributed by atoms with Gasteiger partial charge in [-0.05, 0) is 79.2 Å². The predicted molar refractivity (Wildman–Crippen MR) is 215 cm³/mol. The molecule has 3 heteroatoms. The summed E-state index contributed by atoms with van der Waals surface area (Å²) in [6.07, 6.45) is 6.19. The average molecular weight is 673 g/mol. The predicted octanol–water partition coefficient (Wildman–Crippen LogP) is 11.5. The van der Waals surface area contributed by atoms with Crippen LogP contribution in [-0.2, 0) is 5.60 Å². The van der Waals surface area contributed by atoms with E-state index in [1.807, 2.05) is 36.4 Å². The lowest BCUT2D eigenvalue weighted by molar-refractivity contribution is 0.145. The van der Waals surface area contributed by atoms with Crippen molar-refractivity contribution < 1.29 is 14.6 Å². The van der Waals surface area contributed by atoms with Crippen molar-refractivity contribution in [3.63, 3.8) is 0 Å². The summed E-state index contributed by atoms with van der Waals surface area (Å²) >= 11 is 0. The Bertz CT molecular complexity index is 2430. The van der Waals surface area contributed by atoms with Crippen molar-refractivity contribution in [2.24, 2.45) is 0 Å². The number of rotatable bonds is 8. The second-order valence-corrected chi connectivity index (χ2v) is 12.9. The van der Waals surface area contributed by atoms with E-state index in [4.69, 9.17) is 15.9 Å². The molecule has 8 aromatic carbocycles. The fraction of sp³-hybridized carbons (Fsp3) is 0.0612. The second-order valence-electron chi connectivity index (χ2n) is 12.9. The van der Waals surface area contributed by atoms with Gasteiger partial charge in [0.15, 0.2) is 5.60 Å². The highest BCUT2D eigenvalue weighted by Gasteiger charge is 2.31. The van der Waals surface area contributed by atoms with Crippen LogP contribution in [0.2, 0.25) is 0 Å². The van der Waals surface area contributed by atoms with Crippen LogP contribution >= 0.6 is 0 Å². The lowest BCUT2D eigenvalue weighted by atomic mass is 9.83. The zero-order valence-electron chi connectivity index (χ0n) is 29.0. The summed E-state index contributed by atoms with van der Waals surface area (Å²) in [4.78, 5) is 0. The molecule has 0 fully saturated rings. The van der Waals surface area contributed by atoms with E-state index in [1.54, 1.807) is 14.2 Å². The second kappa shape index (κ2) is 13.6. The molecule has 0 heterocycles. The first-order chi connectivity index (χ1) is 25.5. The van der Waals surface area contributed by atoms with Crippen molar-refractivity contribution in [1.82, 2.24) is 0 Å². The lowest BCUT2D eigenvalue weighted by Gasteiger charge is -2.26. The minimum atomic E-state index is -1.73. The Morgan fingerprint density at radius 2 is 0.808 bits per heavy atom. The minimum Gasteiger partial charge on any atom is -0.496 e. The van der Waals surface area contributed by atoms with E-state index < -0.39 is 5.60 Å². The molecular weight excluding hydrogens is 637 g/mol. The van der Waals surface area contributed by atoms with E-state index in [0.717, 1.165) is 33.4 Å². The maximum absolute atomic E-state index is 12.3. The summed E-state index contributed by atoms with van der Waals surface area (Å²) in [6, 6.07) is 57.6. The first-order valence-corrected chi connectivity index (χ1v) is 17.2. The van der Waals surface area contributed by atoms with Crippen molar-refractivity contribution in [2.45, 2.75) is 5.60 Å². The summed E-state index contributed by atoms with van der Waals surface area (Å²) < 4.78 is 11.6. The van der Waals surface area contributed by atoms with Gasteiger partial charge in [0, 0.05) is 22.3 Å². The molecule has 0 atom stereocenters. The van der Waals surface area contributed by atoms with Gasteiger partial charge in [-0.3, -0.25) is 0 Å². The number of fused-ring (bicyclic) bond motifs is 2. The first kappa shape index (κ1) is 32.6. The van der Waals surface area contributed by atoms with E-state index in [9.17, 15) is 5.11 Å². The molecule has 0 aliphatic carbocycles. The Labute approximate surface area is 304 Å². The van der Waals surface area contributed by atoms with Crippen LogP contribution in [0, 0.1) is 12.3 Å². The first-order valence-electron chi connectivity index (χ1n) is 17.2. The number of benzene rings is 8. The van der Waals surface area contributed by atoms with Crippen LogP contribution in [0.4, 0.5) is 0 Å². The van der Waals surface area contributed by atoms with Crippen molar-refractivity contribution >= 4 is 21.5 Å². The van der Waals surface area contributed by atoms with E-state index in [0.29, 0.717) is 22.6 Å². The monoisotopic (exact) mass is 672 g/mol. The highest BCUT2D eigenvalue weighted by molar-refractivity contribution is 5.98. The molecule has 8 rings (SSSR count). The number of methoxy groups -OCH3 is 2. The Kier molecular flexibility index (Phi) is 8.53. The van der Waals surface area contributed by atoms with Crippen LogP contribution in [0.15, 0.2) is 170 Å². The lowest BCUT2D eigenvalue weighted by Crippen LogP contribution is -2.25. The van der Waals surface area contributed by atoms with Crippen LogP contribution in [0.3, 0.4) is 0 Å². The molecule has 0 aliphatic heterocycles. The molecule has 0 bridgehead atoms. The third-order valence-corrected chi connectivity index (χ3v) is 10.0. The molecule has 250 valence electrons. The van der Waals surface area contributed by atoms with Gasteiger partial charge >= 0.3 is 0 Å². The standard InChI is InChI=1S/C49H36O3/c1-4-49(50,39-27-29-47(51-2)45(31-39)37-23-19-35(20-24-37)43-17-9-13-33-11-5-7-15-41(33)43)40-28-30-48(52-3)46(32-40)38-25-21-36(22-26-38)44-18-10-14-34-12-6-8-16-42(34)44/h1,5-32,50H,2-3H3. The smallest absolute Gasteiger partial charge is 0.176 e. The summed E-state index contributed by atoms with van der Waals surface area (Å²) in [5.74, 6) is 4.08. The van der Waals surface area contributed by atoms with Crippen molar-refractivity contribution in [2.75, 3.05) is 14.2 Å². The van der Waals surface area contributed by atoms with Crippen LogP contribution in [0.1, 0.15) is 11.1 Å². The molecule has 0 unspecified atom stereocenters. The van der Waals surface area contributed by atoms with Crippen molar-refractivity contribution in [3.05, 3.63) is 181 Å². The Morgan fingerprint density at radius 3 is 1.19 bits per heavy atom. The van der Waals surface area contributed by atoms with Crippen LogP contribution in [-0.4, -0.2) is 19.3 Å². The Balaban J connectivity index is 1.15. The van der Waals surface area contributed by atoms with Gasteiger partial charge in [-0.25, -0.2) is 0 Å². The maximum Gasteiger partial charge on any atom is 0.176 e. The van der Waals surface area contributed by atoms with Gasteiger partial charge in [0.05, 0.1) is 14.2 Å². The molecule has 3 nitrogen and oxygen atoms in total. The fourth-order valence-corrected chi connectivity index (χ4v) is 7.26. The quantitative estimate of drug-likeness (QED) is 0.163. The highest BCUT2D eigenvalue weighted by Crippen LogP contribution is 2.41. The molecule has 52 heavy (non-hydrogen) atoms. The topological polar surface area (TPSA) is 38.7 Å². The van der Waals surface area contributed by atoms with Crippen LogP contribution < -0.4 is 9.47 Å². The zero-order valence-corrected chi connectivity index (χ0v) is 29.0. The van der Waals surface area contributed by atoms with Gasteiger partial charge in [-0.1, -0.05) is 152 Å². The van der Waals surface area contributed by atoms with E-state index in [1.165, 1.54) is 32.7 Å². The maximum atomic E-state index is 12.3. The van der Waals surface area contributed by atoms with Crippen LogP contribution in [0.25, 0.3) is 66.1 Å². The molecule has 1 N–H and O–H groups in total. The summed E-state index contributed by atoms with van der Waals surface area (Å²) in [5.41, 5.74) is 7.53. The zero-order chi connectivity index (χ0) is 35.7. The van der Waals surface area contributed by atoms with Gasteiger partial charge in [-0.15, -0.1) is 6.42 Å². The minimum absolute atomic E-state index is 0.561. The van der Waals surface area contributed by atoms with Crippen molar-refractivity contribution in [3.8, 4) is 68.4 Å². The largest absolute Gasteiger partial charge is 0.496 e. The number of terminal acetylenes is 1.